The van der Waals surface area contributed by atoms with Crippen molar-refractivity contribution in [3.63, 3.8) is 0 Å². The molecule has 0 aromatic rings. The molecule has 0 bridgehead atoms. The van der Waals surface area contributed by atoms with E-state index < -0.39 is 10.0 Å². The van der Waals surface area contributed by atoms with Gasteiger partial charge in [0.1, 0.15) is 5.78 Å². The second kappa shape index (κ2) is 12.4. The number of hydrogen-bond donors (Lipinski definition) is 2. The summed E-state index contributed by atoms with van der Waals surface area (Å²) in [5.74, 6) is 4.54. The summed E-state index contributed by atoms with van der Waals surface area (Å²) in [6.07, 6.45) is 15.9. The van der Waals surface area contributed by atoms with Crippen LogP contribution in [-0.2, 0) is 14.8 Å². The lowest BCUT2D eigenvalue weighted by Crippen LogP contribution is -2.62. The van der Waals surface area contributed by atoms with Gasteiger partial charge in [0.2, 0.25) is 10.0 Å². The van der Waals surface area contributed by atoms with E-state index in [1.54, 1.807) is 0 Å². The molecule has 5 unspecified atom stereocenters. The minimum atomic E-state index is -3.27. The van der Waals surface area contributed by atoms with Crippen molar-refractivity contribution < 1.29 is 13.2 Å². The van der Waals surface area contributed by atoms with Gasteiger partial charge in [-0.05, 0) is 129 Å². The van der Waals surface area contributed by atoms with E-state index in [-0.39, 0.29) is 11.5 Å². The Bertz CT molecular complexity index is 951. The number of nitrogens with one attached hydrogen (secondary N) is 2. The lowest BCUT2D eigenvalue weighted by atomic mass is 9.43. The smallest absolute Gasteiger partial charge is 0.208 e. The minimum absolute atomic E-state index is 0.0584. The van der Waals surface area contributed by atoms with Crippen LogP contribution in [0.5, 0.6) is 0 Å². The summed E-state index contributed by atoms with van der Waals surface area (Å²) in [7, 11) is -3.27. The van der Waals surface area contributed by atoms with Crippen LogP contribution in [0.25, 0.3) is 0 Å². The van der Waals surface area contributed by atoms with Gasteiger partial charge in [0, 0.05) is 24.9 Å². The normalized spacial score (nSPS) is 41.1. The maximum Gasteiger partial charge on any atom is 0.208 e. The van der Waals surface area contributed by atoms with E-state index in [4.69, 9.17) is 0 Å². The molecule has 226 valence electrons. The van der Waals surface area contributed by atoms with Gasteiger partial charge in [0.15, 0.2) is 0 Å². The Kier molecular flexibility index (Phi) is 10.0. The number of carbonyl (C=O) groups is 1. The molecule has 0 saturated heterocycles. The molecule has 0 spiro atoms. The van der Waals surface area contributed by atoms with E-state index in [9.17, 15) is 13.2 Å². The van der Waals surface area contributed by atoms with Crippen LogP contribution in [-0.4, -0.2) is 39.1 Å². The molecule has 0 aliphatic heterocycles. The average Bonchev–Trinajstić information content (AvgIpc) is 3.21. The van der Waals surface area contributed by atoms with E-state index in [2.05, 4.69) is 44.7 Å². The van der Waals surface area contributed by atoms with Gasteiger partial charge in [-0.25, -0.2) is 13.1 Å². The lowest BCUT2D eigenvalue weighted by molar-refractivity contribution is -0.129. The third-order valence-corrected chi connectivity index (χ3v) is 13.2. The maximum atomic E-state index is 12.7. The van der Waals surface area contributed by atoms with Crippen LogP contribution in [0.3, 0.4) is 0 Å². The predicted molar refractivity (Wildman–Crippen MR) is 162 cm³/mol. The summed E-state index contributed by atoms with van der Waals surface area (Å²) in [6, 6.07) is 0.630. The van der Waals surface area contributed by atoms with Crippen molar-refractivity contribution in [2.45, 2.75) is 137 Å². The SMILES string of the molecule is CCC(=O)CC[C@@H](C)[C@H]1CCC2C3C(NS(C)(=O)=O)C[C@H]4CC(NCCCC(C)C)CC[C@]4(C)C3CC[C@@]21C. The fourth-order valence-electron chi connectivity index (χ4n) is 10.4. The second-order valence-corrected chi connectivity index (χ2v) is 17.1. The van der Waals surface area contributed by atoms with Crippen molar-refractivity contribution in [3.8, 4) is 0 Å². The van der Waals surface area contributed by atoms with Gasteiger partial charge < -0.3 is 5.32 Å². The van der Waals surface area contributed by atoms with Gasteiger partial charge in [-0.1, -0.05) is 41.5 Å². The molecular formula is C33H60N2O3S. The Morgan fingerprint density at radius 3 is 2.31 bits per heavy atom. The second-order valence-electron chi connectivity index (χ2n) is 15.3. The fourth-order valence-corrected chi connectivity index (χ4v) is 11.2. The Morgan fingerprint density at radius 2 is 1.64 bits per heavy atom. The fraction of sp³-hybridized carbons (Fsp3) is 0.970. The van der Waals surface area contributed by atoms with Crippen molar-refractivity contribution in [1.29, 1.82) is 0 Å². The molecule has 4 rings (SSSR count). The Labute approximate surface area is 240 Å². The first-order valence-electron chi connectivity index (χ1n) is 16.5. The van der Waals surface area contributed by atoms with Crippen molar-refractivity contribution in [2.75, 3.05) is 12.8 Å². The van der Waals surface area contributed by atoms with Gasteiger partial charge in [-0.3, -0.25) is 4.79 Å². The van der Waals surface area contributed by atoms with E-state index in [1.165, 1.54) is 64.0 Å². The Morgan fingerprint density at radius 1 is 0.949 bits per heavy atom. The summed E-state index contributed by atoms with van der Waals surface area (Å²) in [5.41, 5.74) is 0.570. The highest BCUT2D eigenvalue weighted by Gasteiger charge is 2.63. The third kappa shape index (κ3) is 6.79. The molecular weight excluding hydrogens is 504 g/mol. The minimum Gasteiger partial charge on any atom is -0.314 e. The molecule has 5 nitrogen and oxygen atoms in total. The first-order chi connectivity index (χ1) is 18.3. The molecule has 4 aliphatic carbocycles. The number of fused-ring (bicyclic) bond motifs is 5. The molecule has 0 aromatic heterocycles. The van der Waals surface area contributed by atoms with Gasteiger partial charge in [-0.15, -0.1) is 0 Å². The number of Topliss-reactive ketones (excluding diaryl/α,β-unsaturated/α-hetero) is 1. The highest BCUT2D eigenvalue weighted by molar-refractivity contribution is 7.88. The highest BCUT2D eigenvalue weighted by atomic mass is 32.2. The van der Waals surface area contributed by atoms with Crippen LogP contribution in [0.4, 0.5) is 0 Å². The zero-order valence-corrected chi connectivity index (χ0v) is 27.0. The maximum absolute atomic E-state index is 12.7. The summed E-state index contributed by atoms with van der Waals surface area (Å²) < 4.78 is 28.6. The van der Waals surface area contributed by atoms with Crippen LogP contribution < -0.4 is 10.0 Å². The van der Waals surface area contributed by atoms with Crippen molar-refractivity contribution >= 4 is 15.8 Å². The molecule has 0 radical (unpaired) electrons. The standard InChI is InChI=1S/C33H60N2O3S/c1-8-26(36)12-11-23(4)27-13-14-28-31-29(16-18-33(27,28)6)32(5)17-15-25(34-19-9-10-22(2)3)20-24(32)21-30(31)35-39(7,37)38/h22-25,27-31,34-35H,8-21H2,1-7H3/t23-,24-,25?,27-,28?,29?,30?,31?,32+,33-/m1/s1. The van der Waals surface area contributed by atoms with Crippen LogP contribution in [0, 0.1) is 52.3 Å². The molecule has 0 heterocycles. The van der Waals surface area contributed by atoms with Gasteiger partial charge >= 0.3 is 0 Å². The first kappa shape index (κ1) is 31.5. The number of ketones is 1. The van der Waals surface area contributed by atoms with Crippen LogP contribution >= 0.6 is 0 Å². The zero-order valence-electron chi connectivity index (χ0n) is 26.2. The quantitative estimate of drug-likeness (QED) is 0.251. The van der Waals surface area contributed by atoms with Crippen molar-refractivity contribution in [1.82, 2.24) is 10.0 Å². The monoisotopic (exact) mass is 564 g/mol. The van der Waals surface area contributed by atoms with E-state index in [0.717, 1.165) is 25.3 Å². The molecule has 10 atom stereocenters. The molecule has 4 aliphatic rings. The van der Waals surface area contributed by atoms with E-state index in [1.807, 2.05) is 6.92 Å². The number of hydrogen-bond acceptors (Lipinski definition) is 4. The van der Waals surface area contributed by atoms with Gasteiger partial charge in [-0.2, -0.15) is 0 Å². The predicted octanol–water partition coefficient (Wildman–Crippen LogP) is 6.96. The third-order valence-electron chi connectivity index (χ3n) is 12.5. The molecule has 4 saturated carbocycles. The zero-order chi connectivity index (χ0) is 28.6. The Balaban J connectivity index is 1.52. The molecule has 6 heteroatoms. The lowest BCUT2D eigenvalue weighted by Gasteiger charge is -2.63. The highest BCUT2D eigenvalue weighted by Crippen LogP contribution is 2.68. The number of sulfonamides is 1. The first-order valence-corrected chi connectivity index (χ1v) is 18.4. The van der Waals surface area contributed by atoms with E-state index in [0.29, 0.717) is 65.6 Å². The molecule has 0 amide bonds. The summed E-state index contributed by atoms with van der Waals surface area (Å²) in [4.78, 5) is 12.1. The van der Waals surface area contributed by atoms with Crippen LogP contribution in [0.15, 0.2) is 0 Å². The molecule has 39 heavy (non-hydrogen) atoms. The summed E-state index contributed by atoms with van der Waals surface area (Å²) in [6.45, 7) is 15.2. The Hall–Kier alpha value is -0.460. The average molecular weight is 565 g/mol. The largest absolute Gasteiger partial charge is 0.314 e. The number of carbonyl (C=O) groups excluding carboxylic acids is 1. The topological polar surface area (TPSA) is 75.3 Å². The van der Waals surface area contributed by atoms with Crippen LogP contribution in [0.1, 0.15) is 125 Å². The van der Waals surface area contributed by atoms with Crippen molar-refractivity contribution in [3.05, 3.63) is 0 Å². The van der Waals surface area contributed by atoms with Crippen LogP contribution in [0.2, 0.25) is 0 Å². The van der Waals surface area contributed by atoms with Gasteiger partial charge in [0.25, 0.3) is 0 Å². The van der Waals surface area contributed by atoms with E-state index >= 15 is 0 Å². The number of rotatable bonds is 12. The summed E-state index contributed by atoms with van der Waals surface area (Å²) in [5, 5.41) is 3.89. The summed E-state index contributed by atoms with van der Waals surface area (Å²) >= 11 is 0. The van der Waals surface area contributed by atoms with Crippen molar-refractivity contribution in [2.24, 2.45) is 52.3 Å². The van der Waals surface area contributed by atoms with Gasteiger partial charge in [0.05, 0.1) is 6.26 Å². The molecule has 2 N–H and O–H groups in total. The molecule has 4 fully saturated rings. The molecule has 0 aromatic carbocycles.